The van der Waals surface area contributed by atoms with Crippen molar-refractivity contribution < 1.29 is 4.39 Å². The molecule has 0 fully saturated rings. The van der Waals surface area contributed by atoms with Gasteiger partial charge in [0.1, 0.15) is 5.82 Å². The van der Waals surface area contributed by atoms with Gasteiger partial charge in [-0.25, -0.2) is 4.39 Å². The van der Waals surface area contributed by atoms with Gasteiger partial charge in [-0.3, -0.25) is 0 Å². The zero-order valence-electron chi connectivity index (χ0n) is 12.7. The Bertz CT molecular complexity index is 620. The minimum absolute atomic E-state index is 0.166. The second-order valence-corrected chi connectivity index (χ2v) is 6.86. The molecule has 0 bridgehead atoms. The fraction of sp³-hybridized carbons (Fsp3) is 0.333. The van der Waals surface area contributed by atoms with Crippen LogP contribution in [0, 0.1) is 5.82 Å². The van der Waals surface area contributed by atoms with Crippen LogP contribution in [0.25, 0.3) is 0 Å². The first-order valence-corrected chi connectivity index (χ1v) is 7.95. The van der Waals surface area contributed by atoms with Crippen molar-refractivity contribution in [2.24, 2.45) is 5.73 Å². The standard InChI is InChI=1S/C18H21BrFN/c1-4-18(2,3)13-7-5-12(6-8-13)17(21)15-10-9-14(20)11-16(15)19/h5-11,17H,4,21H2,1-3H3. The maximum Gasteiger partial charge on any atom is 0.124 e. The Kier molecular flexibility index (Phi) is 4.84. The van der Waals surface area contributed by atoms with E-state index in [4.69, 9.17) is 5.73 Å². The molecule has 2 rings (SSSR count). The van der Waals surface area contributed by atoms with Crippen molar-refractivity contribution >= 4 is 15.9 Å². The average molecular weight is 350 g/mol. The lowest BCUT2D eigenvalue weighted by Gasteiger charge is -2.24. The molecule has 0 radical (unpaired) electrons. The molecule has 0 saturated heterocycles. The topological polar surface area (TPSA) is 26.0 Å². The molecule has 0 aromatic heterocycles. The van der Waals surface area contributed by atoms with Crippen LogP contribution in [0.5, 0.6) is 0 Å². The van der Waals surface area contributed by atoms with Crippen molar-refractivity contribution in [3.63, 3.8) is 0 Å². The summed E-state index contributed by atoms with van der Waals surface area (Å²) in [7, 11) is 0. The average Bonchev–Trinajstić information content (AvgIpc) is 2.47. The van der Waals surface area contributed by atoms with E-state index in [0.29, 0.717) is 4.47 Å². The zero-order valence-corrected chi connectivity index (χ0v) is 14.2. The van der Waals surface area contributed by atoms with E-state index in [2.05, 4.69) is 61.0 Å². The molecule has 1 unspecified atom stereocenters. The molecule has 0 aliphatic rings. The van der Waals surface area contributed by atoms with E-state index in [0.717, 1.165) is 17.5 Å². The van der Waals surface area contributed by atoms with Gasteiger partial charge in [0.15, 0.2) is 0 Å². The maximum absolute atomic E-state index is 13.2. The Morgan fingerprint density at radius 3 is 2.29 bits per heavy atom. The maximum atomic E-state index is 13.2. The fourth-order valence-corrected chi connectivity index (χ4v) is 2.88. The SMILES string of the molecule is CCC(C)(C)c1ccc(C(N)c2ccc(F)cc2Br)cc1. The third-order valence-electron chi connectivity index (χ3n) is 4.23. The van der Waals surface area contributed by atoms with Crippen molar-refractivity contribution in [1.82, 2.24) is 0 Å². The molecule has 112 valence electrons. The van der Waals surface area contributed by atoms with E-state index in [1.54, 1.807) is 6.07 Å². The quantitative estimate of drug-likeness (QED) is 0.793. The molecule has 0 saturated carbocycles. The molecular weight excluding hydrogens is 329 g/mol. The summed E-state index contributed by atoms with van der Waals surface area (Å²) in [6.45, 7) is 6.66. The largest absolute Gasteiger partial charge is 0.320 e. The molecule has 0 amide bonds. The van der Waals surface area contributed by atoms with Gasteiger partial charge < -0.3 is 5.73 Å². The number of nitrogens with two attached hydrogens (primary N) is 1. The van der Waals surface area contributed by atoms with E-state index in [1.165, 1.54) is 17.7 Å². The molecule has 0 heterocycles. The molecule has 3 heteroatoms. The monoisotopic (exact) mass is 349 g/mol. The van der Waals surface area contributed by atoms with E-state index in [-0.39, 0.29) is 17.3 Å². The van der Waals surface area contributed by atoms with Gasteiger partial charge in [0.2, 0.25) is 0 Å². The summed E-state index contributed by atoms with van der Waals surface area (Å²) in [5.41, 5.74) is 9.69. The lowest BCUT2D eigenvalue weighted by molar-refractivity contribution is 0.506. The van der Waals surface area contributed by atoms with Gasteiger partial charge in [0.05, 0.1) is 6.04 Å². The summed E-state index contributed by atoms with van der Waals surface area (Å²) in [5.74, 6) is -0.266. The Balaban J connectivity index is 2.30. The highest BCUT2D eigenvalue weighted by atomic mass is 79.9. The summed E-state index contributed by atoms with van der Waals surface area (Å²) in [5, 5.41) is 0. The summed E-state index contributed by atoms with van der Waals surface area (Å²) in [6.07, 6.45) is 1.09. The molecule has 21 heavy (non-hydrogen) atoms. The molecule has 0 aliphatic carbocycles. The smallest absolute Gasteiger partial charge is 0.124 e. The predicted molar refractivity (Wildman–Crippen MR) is 89.9 cm³/mol. The van der Waals surface area contributed by atoms with Crippen LogP contribution in [-0.2, 0) is 5.41 Å². The molecule has 1 nitrogen and oxygen atoms in total. The zero-order chi connectivity index (χ0) is 15.6. The first kappa shape index (κ1) is 16.2. The molecular formula is C18H21BrFN. The van der Waals surface area contributed by atoms with Gasteiger partial charge in [-0.05, 0) is 40.7 Å². The van der Waals surface area contributed by atoms with Crippen molar-refractivity contribution in [2.45, 2.75) is 38.6 Å². The van der Waals surface area contributed by atoms with E-state index >= 15 is 0 Å². The number of benzene rings is 2. The van der Waals surface area contributed by atoms with Crippen LogP contribution in [-0.4, -0.2) is 0 Å². The van der Waals surface area contributed by atoms with Crippen molar-refractivity contribution in [3.05, 3.63) is 69.4 Å². The molecule has 2 aromatic carbocycles. The predicted octanol–water partition coefficient (Wildman–Crippen LogP) is 5.32. The van der Waals surface area contributed by atoms with E-state index in [1.807, 2.05) is 0 Å². The van der Waals surface area contributed by atoms with Crippen molar-refractivity contribution in [2.75, 3.05) is 0 Å². The molecule has 2 aromatic rings. The Morgan fingerprint density at radius 1 is 1.14 bits per heavy atom. The van der Waals surface area contributed by atoms with E-state index < -0.39 is 0 Å². The normalized spacial score (nSPS) is 13.2. The van der Waals surface area contributed by atoms with Crippen LogP contribution < -0.4 is 5.73 Å². The Hall–Kier alpha value is -1.19. The second kappa shape index (κ2) is 6.29. The first-order chi connectivity index (χ1) is 9.85. The summed E-state index contributed by atoms with van der Waals surface area (Å²) in [6, 6.07) is 12.7. The minimum Gasteiger partial charge on any atom is -0.320 e. The van der Waals surface area contributed by atoms with Crippen LogP contribution >= 0.6 is 15.9 Å². The molecule has 2 N–H and O–H groups in total. The fourth-order valence-electron chi connectivity index (χ4n) is 2.28. The van der Waals surface area contributed by atoms with Crippen LogP contribution in [0.4, 0.5) is 4.39 Å². The Morgan fingerprint density at radius 2 is 1.76 bits per heavy atom. The van der Waals surface area contributed by atoms with Gasteiger partial charge >= 0.3 is 0 Å². The van der Waals surface area contributed by atoms with Gasteiger partial charge in [-0.15, -0.1) is 0 Å². The minimum atomic E-state index is -0.266. The van der Waals surface area contributed by atoms with Crippen LogP contribution in [0.3, 0.4) is 0 Å². The number of hydrogen-bond acceptors (Lipinski definition) is 1. The number of hydrogen-bond donors (Lipinski definition) is 1. The lowest BCUT2D eigenvalue weighted by atomic mass is 9.81. The highest BCUT2D eigenvalue weighted by Crippen LogP contribution is 2.30. The van der Waals surface area contributed by atoms with Crippen LogP contribution in [0.15, 0.2) is 46.9 Å². The summed E-state index contributed by atoms with van der Waals surface area (Å²) < 4.78 is 13.9. The van der Waals surface area contributed by atoms with Gasteiger partial charge in [0, 0.05) is 4.47 Å². The number of rotatable bonds is 4. The van der Waals surface area contributed by atoms with Crippen molar-refractivity contribution in [1.29, 1.82) is 0 Å². The molecule has 0 spiro atoms. The third-order valence-corrected chi connectivity index (χ3v) is 4.92. The first-order valence-electron chi connectivity index (χ1n) is 7.16. The van der Waals surface area contributed by atoms with Gasteiger partial charge in [0.25, 0.3) is 0 Å². The van der Waals surface area contributed by atoms with Gasteiger partial charge in [-0.1, -0.05) is 67.0 Å². The van der Waals surface area contributed by atoms with Gasteiger partial charge in [-0.2, -0.15) is 0 Å². The van der Waals surface area contributed by atoms with E-state index in [9.17, 15) is 4.39 Å². The number of halogens is 2. The Labute approximate surface area is 134 Å². The summed E-state index contributed by atoms with van der Waals surface area (Å²) >= 11 is 3.38. The molecule has 0 aliphatic heterocycles. The van der Waals surface area contributed by atoms with Crippen molar-refractivity contribution in [3.8, 4) is 0 Å². The highest BCUT2D eigenvalue weighted by Gasteiger charge is 2.19. The lowest BCUT2D eigenvalue weighted by Crippen LogP contribution is -2.16. The second-order valence-electron chi connectivity index (χ2n) is 6.00. The van der Waals surface area contributed by atoms with Crippen LogP contribution in [0.2, 0.25) is 0 Å². The highest BCUT2D eigenvalue weighted by molar-refractivity contribution is 9.10. The molecule has 1 atom stereocenters. The van der Waals surface area contributed by atoms with Crippen LogP contribution in [0.1, 0.15) is 49.9 Å². The third kappa shape index (κ3) is 3.53. The summed E-state index contributed by atoms with van der Waals surface area (Å²) in [4.78, 5) is 0.